The highest BCUT2D eigenvalue weighted by molar-refractivity contribution is 5.33. The van der Waals surface area contributed by atoms with Gasteiger partial charge in [-0.15, -0.1) is 0 Å². The zero-order valence-corrected chi connectivity index (χ0v) is 14.9. The van der Waals surface area contributed by atoms with E-state index in [1.54, 1.807) is 0 Å². The first-order valence-corrected chi connectivity index (χ1v) is 9.01. The number of hydrogen-bond donors (Lipinski definition) is 1. The van der Waals surface area contributed by atoms with Crippen LogP contribution < -0.4 is 0 Å². The SMILES string of the molecule is CC(C)[C@H](c1ccccc1)[C@H](c1ccccc1)[C@@H](O)c1ccccc1. The summed E-state index contributed by atoms with van der Waals surface area (Å²) >= 11 is 0. The molecule has 0 spiro atoms. The summed E-state index contributed by atoms with van der Waals surface area (Å²) in [4.78, 5) is 0. The molecule has 0 saturated carbocycles. The average Bonchev–Trinajstić information content (AvgIpc) is 2.67. The third-order valence-electron chi connectivity index (χ3n) is 4.96. The molecule has 25 heavy (non-hydrogen) atoms. The van der Waals surface area contributed by atoms with E-state index in [4.69, 9.17) is 0 Å². The Labute approximate surface area is 151 Å². The van der Waals surface area contributed by atoms with Gasteiger partial charge >= 0.3 is 0 Å². The molecule has 0 aliphatic rings. The monoisotopic (exact) mass is 330 g/mol. The van der Waals surface area contributed by atoms with Crippen LogP contribution in [-0.4, -0.2) is 5.11 Å². The molecule has 0 aliphatic heterocycles. The van der Waals surface area contributed by atoms with Crippen LogP contribution in [0.15, 0.2) is 91.0 Å². The second kappa shape index (κ2) is 8.13. The Bertz CT molecular complexity index is 750. The van der Waals surface area contributed by atoms with Crippen molar-refractivity contribution in [3.05, 3.63) is 108 Å². The summed E-state index contributed by atoms with van der Waals surface area (Å²) in [5.41, 5.74) is 3.43. The molecule has 3 rings (SSSR count). The van der Waals surface area contributed by atoms with Crippen molar-refractivity contribution in [2.45, 2.75) is 31.8 Å². The fraction of sp³-hybridized carbons (Fsp3) is 0.250. The minimum absolute atomic E-state index is 0.00556. The molecule has 0 aromatic heterocycles. The fourth-order valence-corrected chi connectivity index (χ4v) is 3.80. The zero-order chi connectivity index (χ0) is 17.6. The summed E-state index contributed by atoms with van der Waals surface area (Å²) in [5, 5.41) is 11.3. The second-order valence-electron chi connectivity index (χ2n) is 6.97. The van der Waals surface area contributed by atoms with Gasteiger partial charge in [0.1, 0.15) is 0 Å². The third-order valence-corrected chi connectivity index (χ3v) is 4.96. The van der Waals surface area contributed by atoms with E-state index in [1.807, 2.05) is 42.5 Å². The molecule has 128 valence electrons. The van der Waals surface area contributed by atoms with E-state index < -0.39 is 6.10 Å². The second-order valence-corrected chi connectivity index (χ2v) is 6.97. The van der Waals surface area contributed by atoms with Gasteiger partial charge in [0.2, 0.25) is 0 Å². The zero-order valence-electron chi connectivity index (χ0n) is 14.9. The van der Waals surface area contributed by atoms with Gasteiger partial charge in [-0.25, -0.2) is 0 Å². The normalized spacial score (nSPS) is 14.9. The predicted octanol–water partition coefficient (Wildman–Crippen LogP) is 5.94. The van der Waals surface area contributed by atoms with E-state index in [-0.39, 0.29) is 11.8 Å². The van der Waals surface area contributed by atoms with E-state index in [0.29, 0.717) is 5.92 Å². The van der Waals surface area contributed by atoms with Crippen molar-refractivity contribution in [2.75, 3.05) is 0 Å². The number of hydrogen-bond acceptors (Lipinski definition) is 1. The fourth-order valence-electron chi connectivity index (χ4n) is 3.80. The number of benzene rings is 3. The molecular weight excluding hydrogens is 304 g/mol. The maximum absolute atomic E-state index is 11.3. The lowest BCUT2D eigenvalue weighted by Crippen LogP contribution is -2.23. The first-order valence-electron chi connectivity index (χ1n) is 9.01. The molecule has 1 N–H and O–H groups in total. The lowest BCUT2D eigenvalue weighted by molar-refractivity contribution is 0.121. The van der Waals surface area contributed by atoms with Gasteiger partial charge in [-0.2, -0.15) is 0 Å². The van der Waals surface area contributed by atoms with Gasteiger partial charge < -0.3 is 5.11 Å². The van der Waals surface area contributed by atoms with Crippen LogP contribution in [0.4, 0.5) is 0 Å². The Kier molecular flexibility index (Phi) is 5.67. The maximum Gasteiger partial charge on any atom is 0.0864 e. The number of rotatable bonds is 6. The minimum atomic E-state index is -0.545. The highest BCUT2D eigenvalue weighted by Gasteiger charge is 2.33. The van der Waals surface area contributed by atoms with Gasteiger partial charge in [-0.1, -0.05) is 105 Å². The number of aliphatic hydroxyl groups is 1. The van der Waals surface area contributed by atoms with Crippen molar-refractivity contribution in [3.63, 3.8) is 0 Å². The molecule has 3 atom stereocenters. The molecule has 0 amide bonds. The Morgan fingerprint density at radius 1 is 0.520 bits per heavy atom. The molecule has 1 nitrogen and oxygen atoms in total. The van der Waals surface area contributed by atoms with Gasteiger partial charge in [0, 0.05) is 5.92 Å². The topological polar surface area (TPSA) is 20.2 Å². The third kappa shape index (κ3) is 4.00. The van der Waals surface area contributed by atoms with Gasteiger partial charge in [0.05, 0.1) is 6.10 Å². The molecular formula is C24H26O. The Hall–Kier alpha value is -2.38. The van der Waals surface area contributed by atoms with E-state index in [2.05, 4.69) is 62.4 Å². The molecule has 0 unspecified atom stereocenters. The largest absolute Gasteiger partial charge is 0.388 e. The van der Waals surface area contributed by atoms with Crippen LogP contribution in [0, 0.1) is 5.92 Å². The first-order chi connectivity index (χ1) is 12.2. The molecule has 0 fully saturated rings. The van der Waals surface area contributed by atoms with Gasteiger partial charge in [-0.3, -0.25) is 0 Å². The van der Waals surface area contributed by atoms with Crippen LogP contribution >= 0.6 is 0 Å². The molecule has 1 heteroatoms. The molecule has 0 saturated heterocycles. The Balaban J connectivity index is 2.09. The standard InChI is InChI=1S/C24H26O/c1-18(2)22(19-12-6-3-7-13-19)23(20-14-8-4-9-15-20)24(25)21-16-10-5-11-17-21/h3-18,22-25H,1-2H3/t22-,23+,24+/m1/s1. The summed E-state index contributed by atoms with van der Waals surface area (Å²) in [6.07, 6.45) is -0.545. The van der Waals surface area contributed by atoms with Crippen LogP contribution in [0.5, 0.6) is 0 Å². The molecule has 0 heterocycles. The van der Waals surface area contributed by atoms with Crippen molar-refractivity contribution in [3.8, 4) is 0 Å². The van der Waals surface area contributed by atoms with Crippen molar-refractivity contribution >= 4 is 0 Å². The van der Waals surface area contributed by atoms with Crippen LogP contribution in [-0.2, 0) is 0 Å². The van der Waals surface area contributed by atoms with E-state index in [0.717, 1.165) is 5.56 Å². The smallest absolute Gasteiger partial charge is 0.0864 e. The summed E-state index contributed by atoms with van der Waals surface area (Å²) in [6, 6.07) is 31.0. The quantitative estimate of drug-likeness (QED) is 0.592. The number of aliphatic hydroxyl groups excluding tert-OH is 1. The first kappa shape index (κ1) is 17.4. The van der Waals surface area contributed by atoms with Crippen molar-refractivity contribution in [1.82, 2.24) is 0 Å². The van der Waals surface area contributed by atoms with Crippen LogP contribution in [0.25, 0.3) is 0 Å². The summed E-state index contributed by atoms with van der Waals surface area (Å²) in [7, 11) is 0. The van der Waals surface area contributed by atoms with Crippen molar-refractivity contribution in [1.29, 1.82) is 0 Å². The minimum Gasteiger partial charge on any atom is -0.388 e. The average molecular weight is 330 g/mol. The Morgan fingerprint density at radius 3 is 1.28 bits per heavy atom. The van der Waals surface area contributed by atoms with Crippen LogP contribution in [0.2, 0.25) is 0 Å². The van der Waals surface area contributed by atoms with Crippen LogP contribution in [0.1, 0.15) is 48.5 Å². The van der Waals surface area contributed by atoms with E-state index in [1.165, 1.54) is 11.1 Å². The summed E-state index contributed by atoms with van der Waals surface area (Å²) in [6.45, 7) is 4.48. The molecule has 3 aromatic carbocycles. The highest BCUT2D eigenvalue weighted by Crippen LogP contribution is 2.45. The van der Waals surface area contributed by atoms with Gasteiger partial charge in [-0.05, 0) is 28.5 Å². The molecule has 0 radical (unpaired) electrons. The Morgan fingerprint density at radius 2 is 0.880 bits per heavy atom. The van der Waals surface area contributed by atoms with E-state index >= 15 is 0 Å². The van der Waals surface area contributed by atoms with Gasteiger partial charge in [0.25, 0.3) is 0 Å². The van der Waals surface area contributed by atoms with Crippen molar-refractivity contribution in [2.24, 2.45) is 5.92 Å². The molecule has 3 aromatic rings. The summed E-state index contributed by atoms with van der Waals surface area (Å²) in [5.74, 6) is 0.649. The maximum atomic E-state index is 11.3. The van der Waals surface area contributed by atoms with Crippen molar-refractivity contribution < 1.29 is 5.11 Å². The highest BCUT2D eigenvalue weighted by atomic mass is 16.3. The molecule has 0 bridgehead atoms. The predicted molar refractivity (Wildman–Crippen MR) is 105 cm³/mol. The van der Waals surface area contributed by atoms with E-state index in [9.17, 15) is 5.11 Å². The van der Waals surface area contributed by atoms with Gasteiger partial charge in [0.15, 0.2) is 0 Å². The van der Waals surface area contributed by atoms with Crippen LogP contribution in [0.3, 0.4) is 0 Å². The summed E-state index contributed by atoms with van der Waals surface area (Å²) < 4.78 is 0. The lowest BCUT2D eigenvalue weighted by Gasteiger charge is -2.35. The molecule has 0 aliphatic carbocycles. The lowest BCUT2D eigenvalue weighted by atomic mass is 9.71.